The lowest BCUT2D eigenvalue weighted by atomic mass is 10.1. The Morgan fingerprint density at radius 3 is 1.76 bits per heavy atom. The van der Waals surface area contributed by atoms with E-state index in [1.165, 1.54) is 27.9 Å². The second-order valence-electron chi connectivity index (χ2n) is 6.54. The Bertz CT molecular complexity index is 729. The van der Waals surface area contributed by atoms with Crippen LogP contribution in [0.1, 0.15) is 12.0 Å². The molecule has 1 nitrogen and oxygen atoms in total. The van der Waals surface area contributed by atoms with Crippen molar-refractivity contribution in [1.29, 1.82) is 0 Å². The van der Waals surface area contributed by atoms with Crippen LogP contribution in [-0.4, -0.2) is 25.5 Å². The van der Waals surface area contributed by atoms with Gasteiger partial charge in [-0.2, -0.15) is 0 Å². The summed E-state index contributed by atoms with van der Waals surface area (Å²) in [5.74, 6) is 0. The van der Waals surface area contributed by atoms with E-state index in [0.29, 0.717) is 0 Å². The van der Waals surface area contributed by atoms with Gasteiger partial charge in [0, 0.05) is 0 Å². The molecule has 0 unspecified atom stereocenters. The van der Waals surface area contributed by atoms with Crippen LogP contribution in [0, 0.1) is 0 Å². The van der Waals surface area contributed by atoms with Crippen LogP contribution in [0.2, 0.25) is 0 Å². The molecule has 128 valence electrons. The van der Waals surface area contributed by atoms with Crippen molar-refractivity contribution in [3.63, 3.8) is 0 Å². The summed E-state index contributed by atoms with van der Waals surface area (Å²) < 4.78 is 0. The Kier molecular flexibility index (Phi) is 6.39. The zero-order valence-corrected chi connectivity index (χ0v) is 16.0. The van der Waals surface area contributed by atoms with Gasteiger partial charge in [-0.3, -0.25) is 0 Å². The summed E-state index contributed by atoms with van der Waals surface area (Å²) in [4.78, 5) is 2.26. The maximum Gasteiger partial charge on any atom is -0.00217 e. The summed E-state index contributed by atoms with van der Waals surface area (Å²) in [6.45, 7) is 1.13. The van der Waals surface area contributed by atoms with E-state index in [1.807, 2.05) is 0 Å². The fourth-order valence-electron chi connectivity index (χ4n) is 3.11. The minimum Gasteiger partial charge on any atom is -0.309 e. The highest BCUT2D eigenvalue weighted by Crippen LogP contribution is 2.34. The Hall–Kier alpha value is -1.95. The molecule has 0 radical (unpaired) electrons. The fourth-order valence-corrected chi connectivity index (χ4v) is 5.61. The first kappa shape index (κ1) is 17.9. The molecule has 0 amide bonds. The molecule has 2 heteroatoms. The molecule has 0 fully saturated rings. The summed E-state index contributed by atoms with van der Waals surface area (Å²) in [6, 6.07) is 30.9. The molecule has 0 heterocycles. The molecule has 0 saturated carbocycles. The van der Waals surface area contributed by atoms with Gasteiger partial charge in [0.25, 0.3) is 0 Å². The SMILES string of the molecule is CN(C)CCCc1ccccc1P(c1ccccc1)c1ccccc1. The minimum atomic E-state index is -0.512. The van der Waals surface area contributed by atoms with Crippen LogP contribution in [0.15, 0.2) is 84.9 Å². The van der Waals surface area contributed by atoms with Crippen LogP contribution in [-0.2, 0) is 6.42 Å². The topological polar surface area (TPSA) is 3.24 Å². The predicted octanol–water partition coefficient (Wildman–Crippen LogP) is 3.94. The largest absolute Gasteiger partial charge is 0.309 e. The number of aryl methyl sites for hydroxylation is 1. The molecule has 3 rings (SSSR count). The second kappa shape index (κ2) is 8.94. The van der Waals surface area contributed by atoms with Crippen molar-refractivity contribution < 1.29 is 0 Å². The Balaban J connectivity index is 2.00. The third kappa shape index (κ3) is 4.78. The Morgan fingerprint density at radius 1 is 0.680 bits per heavy atom. The Morgan fingerprint density at radius 2 is 1.20 bits per heavy atom. The molecule has 3 aromatic rings. The molecule has 0 spiro atoms. The third-order valence-electron chi connectivity index (χ3n) is 4.31. The molecule has 0 aliphatic carbocycles. The van der Waals surface area contributed by atoms with Crippen LogP contribution in [0.25, 0.3) is 0 Å². The van der Waals surface area contributed by atoms with Crippen molar-refractivity contribution in [3.8, 4) is 0 Å². The van der Waals surface area contributed by atoms with E-state index in [1.54, 1.807) is 0 Å². The summed E-state index contributed by atoms with van der Waals surface area (Å²) in [5.41, 5.74) is 1.49. The van der Waals surface area contributed by atoms with Crippen molar-refractivity contribution in [2.24, 2.45) is 0 Å². The lowest BCUT2D eigenvalue weighted by Gasteiger charge is -2.22. The van der Waals surface area contributed by atoms with Gasteiger partial charge in [0.1, 0.15) is 0 Å². The van der Waals surface area contributed by atoms with Crippen molar-refractivity contribution in [2.45, 2.75) is 12.8 Å². The van der Waals surface area contributed by atoms with Gasteiger partial charge >= 0.3 is 0 Å². The first-order valence-corrected chi connectivity index (χ1v) is 10.2. The predicted molar refractivity (Wildman–Crippen MR) is 112 cm³/mol. The average Bonchev–Trinajstić information content (AvgIpc) is 2.65. The van der Waals surface area contributed by atoms with Gasteiger partial charge in [0.05, 0.1) is 0 Å². The molecule has 3 aromatic carbocycles. The third-order valence-corrected chi connectivity index (χ3v) is 6.86. The molecule has 0 N–H and O–H groups in total. The van der Waals surface area contributed by atoms with E-state index >= 15 is 0 Å². The summed E-state index contributed by atoms with van der Waals surface area (Å²) in [5, 5.41) is 4.33. The molecule has 0 aliphatic rings. The van der Waals surface area contributed by atoms with E-state index in [9.17, 15) is 0 Å². The fraction of sp³-hybridized carbons (Fsp3) is 0.217. The highest BCUT2D eigenvalue weighted by molar-refractivity contribution is 7.79. The summed E-state index contributed by atoms with van der Waals surface area (Å²) in [6.07, 6.45) is 2.32. The van der Waals surface area contributed by atoms with Gasteiger partial charge in [-0.15, -0.1) is 0 Å². The maximum atomic E-state index is 2.33. The number of nitrogens with zero attached hydrogens (tertiary/aromatic N) is 1. The van der Waals surface area contributed by atoms with Crippen molar-refractivity contribution in [1.82, 2.24) is 4.90 Å². The highest BCUT2D eigenvalue weighted by Gasteiger charge is 2.18. The molecule has 25 heavy (non-hydrogen) atoms. The zero-order chi connectivity index (χ0) is 17.5. The lowest BCUT2D eigenvalue weighted by Crippen LogP contribution is -2.23. The van der Waals surface area contributed by atoms with E-state index in [2.05, 4.69) is 104 Å². The molecule has 0 aromatic heterocycles. The minimum absolute atomic E-state index is 0.512. The first-order chi connectivity index (χ1) is 12.3. The van der Waals surface area contributed by atoms with Gasteiger partial charge in [-0.05, 0) is 62.9 Å². The quantitative estimate of drug-likeness (QED) is 0.585. The molecular weight excluding hydrogens is 321 g/mol. The normalized spacial score (nSPS) is 11.2. The highest BCUT2D eigenvalue weighted by atomic mass is 31.1. The molecule has 0 atom stereocenters. The van der Waals surface area contributed by atoms with Crippen LogP contribution in [0.4, 0.5) is 0 Å². The monoisotopic (exact) mass is 347 g/mol. The second-order valence-corrected chi connectivity index (χ2v) is 8.73. The van der Waals surface area contributed by atoms with Gasteiger partial charge in [0.2, 0.25) is 0 Å². The number of hydrogen-bond acceptors (Lipinski definition) is 1. The van der Waals surface area contributed by atoms with Gasteiger partial charge in [-0.25, -0.2) is 0 Å². The van der Waals surface area contributed by atoms with E-state index in [4.69, 9.17) is 0 Å². The van der Waals surface area contributed by atoms with Crippen molar-refractivity contribution in [3.05, 3.63) is 90.5 Å². The van der Waals surface area contributed by atoms with E-state index in [-0.39, 0.29) is 0 Å². The molecule has 0 bridgehead atoms. The van der Waals surface area contributed by atoms with Gasteiger partial charge in [-0.1, -0.05) is 84.9 Å². The van der Waals surface area contributed by atoms with Gasteiger partial charge in [0.15, 0.2) is 0 Å². The number of rotatable bonds is 7. The van der Waals surface area contributed by atoms with Gasteiger partial charge < -0.3 is 4.90 Å². The lowest BCUT2D eigenvalue weighted by molar-refractivity contribution is 0.400. The van der Waals surface area contributed by atoms with Crippen LogP contribution >= 0.6 is 7.92 Å². The molecular formula is C23H26NP. The van der Waals surface area contributed by atoms with Crippen molar-refractivity contribution in [2.75, 3.05) is 20.6 Å². The zero-order valence-electron chi connectivity index (χ0n) is 15.1. The summed E-state index contributed by atoms with van der Waals surface area (Å²) in [7, 11) is 3.78. The Labute approximate surface area is 153 Å². The van der Waals surface area contributed by atoms with Crippen LogP contribution in [0.5, 0.6) is 0 Å². The number of hydrogen-bond donors (Lipinski definition) is 0. The smallest absolute Gasteiger partial charge is 0.00217 e. The van der Waals surface area contributed by atoms with Crippen LogP contribution < -0.4 is 15.9 Å². The van der Waals surface area contributed by atoms with E-state index in [0.717, 1.165) is 13.0 Å². The summed E-state index contributed by atoms with van der Waals surface area (Å²) >= 11 is 0. The molecule has 0 saturated heterocycles. The van der Waals surface area contributed by atoms with E-state index < -0.39 is 7.92 Å². The van der Waals surface area contributed by atoms with Crippen molar-refractivity contribution >= 4 is 23.8 Å². The average molecular weight is 347 g/mol. The standard InChI is InChI=1S/C23H26NP/c1-24(2)19-11-13-20-12-9-10-18-23(20)25(21-14-5-3-6-15-21)22-16-7-4-8-17-22/h3-10,12,14-18H,11,13,19H2,1-2H3. The maximum absolute atomic E-state index is 2.33. The molecule has 0 aliphatic heterocycles. The first-order valence-electron chi connectivity index (χ1n) is 8.88. The number of benzene rings is 3. The van der Waals surface area contributed by atoms with Crippen LogP contribution in [0.3, 0.4) is 0 Å².